The molecule has 0 amide bonds. The van der Waals surface area contributed by atoms with Crippen LogP contribution in [0, 0.1) is 16.7 Å². The van der Waals surface area contributed by atoms with Crippen molar-refractivity contribution in [1.82, 2.24) is 4.90 Å². The number of aliphatic carboxylic acids is 1. The van der Waals surface area contributed by atoms with Crippen LogP contribution in [-0.2, 0) is 11.3 Å². The molecule has 5 heteroatoms. The monoisotopic (exact) mass is 519 g/mol. The van der Waals surface area contributed by atoms with E-state index in [1.807, 2.05) is 51.6 Å². The molecule has 196 valence electrons. The van der Waals surface area contributed by atoms with Gasteiger partial charge in [0.15, 0.2) is 0 Å². The van der Waals surface area contributed by atoms with E-state index in [4.69, 9.17) is 11.6 Å². The van der Waals surface area contributed by atoms with Crippen molar-refractivity contribution in [2.24, 2.45) is 16.7 Å². The molecular formula is C30H46ClNO2S. The number of carboxylic acids is 1. The molecule has 0 fully saturated rings. The van der Waals surface area contributed by atoms with Crippen molar-refractivity contribution in [1.29, 1.82) is 0 Å². The summed E-state index contributed by atoms with van der Waals surface area (Å²) in [5.74, 6) is 0.707. The topological polar surface area (TPSA) is 40.5 Å². The van der Waals surface area contributed by atoms with Crippen molar-refractivity contribution >= 4 is 29.3 Å². The first-order valence-electron chi connectivity index (χ1n) is 12.7. The molecule has 0 spiro atoms. The van der Waals surface area contributed by atoms with Crippen molar-refractivity contribution in [2.75, 3.05) is 5.75 Å². The summed E-state index contributed by atoms with van der Waals surface area (Å²) in [5, 5.41) is 10.6. The van der Waals surface area contributed by atoms with Crippen LogP contribution in [0.5, 0.6) is 0 Å². The maximum Gasteiger partial charge on any atom is 0.309 e. The van der Waals surface area contributed by atoms with Crippen LogP contribution in [0.3, 0.4) is 0 Å². The number of rotatable bonds is 9. The fourth-order valence-corrected chi connectivity index (χ4v) is 4.68. The minimum absolute atomic E-state index is 0.187. The molecule has 2 rings (SSSR count). The van der Waals surface area contributed by atoms with E-state index in [1.54, 1.807) is 0 Å². The Morgan fingerprint density at radius 1 is 1.14 bits per heavy atom. The molecule has 0 radical (unpaired) electrons. The Balaban J connectivity index is 0.00000298. The summed E-state index contributed by atoms with van der Waals surface area (Å²) in [4.78, 5) is 15.6. The van der Waals surface area contributed by atoms with Gasteiger partial charge in [0, 0.05) is 46.5 Å². The lowest BCUT2D eigenvalue weighted by atomic mass is 9.87. The molecule has 0 bridgehead atoms. The molecule has 1 N–H and O–H groups in total. The normalized spacial score (nSPS) is 16.2. The highest BCUT2D eigenvalue weighted by Gasteiger charge is 2.36. The third-order valence-electron chi connectivity index (χ3n) is 5.91. The minimum Gasteiger partial charge on any atom is -0.481 e. The molecule has 0 unspecified atom stereocenters. The van der Waals surface area contributed by atoms with Crippen molar-refractivity contribution in [3.05, 3.63) is 68.9 Å². The second kappa shape index (κ2) is 13.6. The average molecular weight is 520 g/mol. The fraction of sp³-hybridized carbons (Fsp3) is 0.567. The van der Waals surface area contributed by atoms with E-state index in [0.29, 0.717) is 18.9 Å². The number of halogens is 1. The zero-order chi connectivity index (χ0) is 27.0. The average Bonchev–Trinajstić information content (AvgIpc) is 3.08. The fourth-order valence-electron chi connectivity index (χ4n) is 3.35. The minimum atomic E-state index is -0.847. The Morgan fingerprint density at radius 2 is 1.71 bits per heavy atom. The summed E-state index contributed by atoms with van der Waals surface area (Å²) < 4.78 is 0. The summed E-state index contributed by atoms with van der Waals surface area (Å²) >= 11 is 7.99. The van der Waals surface area contributed by atoms with E-state index in [-0.39, 0.29) is 5.41 Å². The van der Waals surface area contributed by atoms with E-state index in [2.05, 4.69) is 70.7 Å². The number of hydrogen-bond donors (Lipinski definition) is 1. The third-order valence-corrected chi connectivity index (χ3v) is 7.90. The van der Waals surface area contributed by atoms with Gasteiger partial charge in [-0.2, -0.15) is 0 Å². The predicted molar refractivity (Wildman–Crippen MR) is 155 cm³/mol. The van der Waals surface area contributed by atoms with Gasteiger partial charge in [-0.05, 0) is 55.9 Å². The second-order valence-electron chi connectivity index (χ2n) is 11.2. The smallest absolute Gasteiger partial charge is 0.309 e. The Labute approximate surface area is 223 Å². The summed E-state index contributed by atoms with van der Waals surface area (Å²) in [6, 6.07) is 7.93. The van der Waals surface area contributed by atoms with Crippen molar-refractivity contribution in [3.8, 4) is 0 Å². The van der Waals surface area contributed by atoms with Gasteiger partial charge in [0.1, 0.15) is 0 Å². The van der Waals surface area contributed by atoms with Crippen LogP contribution in [0.25, 0.3) is 0 Å². The summed E-state index contributed by atoms with van der Waals surface area (Å²) in [6.07, 6.45) is 5.77. The van der Waals surface area contributed by atoms with Crippen LogP contribution in [-0.4, -0.2) is 21.7 Å². The first kappa shape index (κ1) is 31.4. The zero-order valence-electron chi connectivity index (χ0n) is 23.5. The lowest BCUT2D eigenvalue weighted by Gasteiger charge is -2.29. The van der Waals surface area contributed by atoms with Crippen molar-refractivity contribution < 1.29 is 9.90 Å². The molecule has 0 saturated carbocycles. The van der Waals surface area contributed by atoms with E-state index in [0.717, 1.165) is 28.5 Å². The van der Waals surface area contributed by atoms with Gasteiger partial charge in [0.25, 0.3) is 0 Å². The molecule has 3 nitrogen and oxygen atoms in total. The quantitative estimate of drug-likeness (QED) is 0.352. The van der Waals surface area contributed by atoms with E-state index >= 15 is 0 Å². The van der Waals surface area contributed by atoms with Crippen molar-refractivity contribution in [3.63, 3.8) is 0 Å². The number of nitrogens with zero attached hydrogens (tertiary/aromatic N) is 1. The largest absolute Gasteiger partial charge is 0.481 e. The number of hydrogen-bond acceptors (Lipinski definition) is 3. The standard InChI is InChI=1S/C28H40ClNO2S.C2H6/c1-19(2)20(3)9-14-23-15-25(33-18-27(4,5)6)24(16-28(7,8)26(31)32)30(23)17-21-10-12-22(29)13-11-21;1-2/h9-14,19H,15-18H2,1-8H3,(H,31,32);1-2H3/b20-9+,23-14+;. The van der Waals surface area contributed by atoms with Crippen LogP contribution >= 0.6 is 23.4 Å². The SMILES string of the molecule is C/C(=C\C=C1/CC(SCC(C)(C)C)=C(CC(C)(C)C(=O)O)N1Cc1ccc(Cl)cc1)C(C)C.CC. The molecule has 0 aromatic heterocycles. The Morgan fingerprint density at radius 3 is 2.20 bits per heavy atom. The van der Waals surface area contributed by atoms with Crippen molar-refractivity contribution in [2.45, 2.75) is 88.6 Å². The van der Waals surface area contributed by atoms with Crippen LogP contribution in [0.2, 0.25) is 5.02 Å². The van der Waals surface area contributed by atoms with Crippen LogP contribution in [0.15, 0.2) is 58.3 Å². The Bertz CT molecular complexity index is 934. The maximum absolute atomic E-state index is 12.0. The van der Waals surface area contributed by atoms with E-state index in [9.17, 15) is 9.90 Å². The van der Waals surface area contributed by atoms with E-state index < -0.39 is 11.4 Å². The van der Waals surface area contributed by atoms with Gasteiger partial charge in [-0.25, -0.2) is 0 Å². The van der Waals surface area contributed by atoms with Gasteiger partial charge in [-0.15, -0.1) is 11.8 Å². The zero-order valence-corrected chi connectivity index (χ0v) is 25.0. The highest BCUT2D eigenvalue weighted by Crippen LogP contribution is 2.45. The van der Waals surface area contributed by atoms with Gasteiger partial charge in [-0.3, -0.25) is 4.79 Å². The molecule has 0 saturated heterocycles. The van der Waals surface area contributed by atoms with Gasteiger partial charge in [-0.1, -0.05) is 83.8 Å². The van der Waals surface area contributed by atoms with Gasteiger partial charge in [0.2, 0.25) is 0 Å². The molecule has 0 aliphatic carbocycles. The highest BCUT2D eigenvalue weighted by molar-refractivity contribution is 8.03. The molecule has 35 heavy (non-hydrogen) atoms. The second-order valence-corrected chi connectivity index (χ2v) is 12.7. The maximum atomic E-state index is 12.0. The molecule has 1 aliphatic rings. The van der Waals surface area contributed by atoms with Crippen LogP contribution in [0.1, 0.15) is 87.6 Å². The van der Waals surface area contributed by atoms with Gasteiger partial charge >= 0.3 is 5.97 Å². The molecule has 0 atom stereocenters. The number of benzene rings is 1. The molecule has 1 aromatic rings. The highest BCUT2D eigenvalue weighted by atomic mass is 35.5. The summed E-state index contributed by atoms with van der Waals surface area (Å²) in [6.45, 7) is 21.6. The lowest BCUT2D eigenvalue weighted by Crippen LogP contribution is -2.28. The summed E-state index contributed by atoms with van der Waals surface area (Å²) in [7, 11) is 0. The number of allylic oxidation sites excluding steroid dienone is 5. The van der Waals surface area contributed by atoms with Gasteiger partial charge < -0.3 is 10.0 Å². The number of carboxylic acid groups (broad SMARTS) is 1. The Kier molecular flexibility index (Phi) is 12.2. The lowest BCUT2D eigenvalue weighted by molar-refractivity contribution is -0.147. The first-order chi connectivity index (χ1) is 16.2. The van der Waals surface area contributed by atoms with Crippen LogP contribution in [0.4, 0.5) is 0 Å². The molecule has 1 heterocycles. The predicted octanol–water partition coefficient (Wildman–Crippen LogP) is 9.55. The molecular weight excluding hydrogens is 474 g/mol. The first-order valence-corrected chi connectivity index (χ1v) is 14.0. The van der Waals surface area contributed by atoms with E-state index in [1.165, 1.54) is 16.2 Å². The molecule has 1 aromatic carbocycles. The number of carbonyl (C=O) groups is 1. The summed E-state index contributed by atoms with van der Waals surface area (Å²) in [5.41, 5.74) is 4.18. The third kappa shape index (κ3) is 10.1. The molecule has 1 aliphatic heterocycles. The van der Waals surface area contributed by atoms with Crippen LogP contribution < -0.4 is 0 Å². The number of thioether (sulfide) groups is 1. The van der Waals surface area contributed by atoms with Gasteiger partial charge in [0.05, 0.1) is 5.41 Å². The Hall–Kier alpha value is -1.65.